The summed E-state index contributed by atoms with van der Waals surface area (Å²) < 4.78 is 6.25. The van der Waals surface area contributed by atoms with Crippen LogP contribution >= 0.6 is 0 Å². The molecule has 0 saturated heterocycles. The van der Waals surface area contributed by atoms with Gasteiger partial charge in [-0.15, -0.1) is 0 Å². The number of ether oxygens (including phenoxy) is 1. The van der Waals surface area contributed by atoms with Crippen LogP contribution < -0.4 is 0 Å². The quantitative estimate of drug-likeness (QED) is 0.554. The van der Waals surface area contributed by atoms with Crippen molar-refractivity contribution in [2.24, 2.45) is 51.8 Å². The fraction of sp³-hybridized carbons (Fsp3) is 0.926. The first kappa shape index (κ1) is 20.6. The molecule has 164 valence electrons. The molecule has 0 aromatic rings. The summed E-state index contributed by atoms with van der Waals surface area (Å²) in [5, 5.41) is 10.8. The van der Waals surface area contributed by atoms with Crippen LogP contribution in [0, 0.1) is 51.8 Å². The molecule has 2 heteroatoms. The molecule has 1 unspecified atom stereocenters. The van der Waals surface area contributed by atoms with Gasteiger partial charge in [0.2, 0.25) is 0 Å². The topological polar surface area (TPSA) is 29.5 Å². The zero-order valence-corrected chi connectivity index (χ0v) is 19.5. The van der Waals surface area contributed by atoms with Crippen LogP contribution in [0.15, 0.2) is 12.2 Å². The monoisotopic (exact) mass is 400 g/mol. The Bertz CT molecular complexity index is 671. The SMILES string of the molecule is CC/C=C\[C@@H](O)[C@@H](C)[C@H]1CC[C@H]2[C@@H]3C[C@@H](OC)[C@]45CC4CC[C@]5(C)[C@H]3CC[C@]12C. The second-order valence-corrected chi connectivity index (χ2v) is 12.1. The lowest BCUT2D eigenvalue weighted by atomic mass is 9.45. The van der Waals surface area contributed by atoms with Gasteiger partial charge in [0, 0.05) is 12.5 Å². The van der Waals surface area contributed by atoms with Crippen molar-refractivity contribution < 1.29 is 9.84 Å². The van der Waals surface area contributed by atoms with Gasteiger partial charge in [0.1, 0.15) is 0 Å². The van der Waals surface area contributed by atoms with Gasteiger partial charge in [0.25, 0.3) is 0 Å². The van der Waals surface area contributed by atoms with E-state index in [0.29, 0.717) is 34.2 Å². The van der Waals surface area contributed by atoms with Crippen LogP contribution in [0.1, 0.15) is 85.5 Å². The largest absolute Gasteiger partial charge is 0.389 e. The second kappa shape index (κ2) is 6.83. The average molecular weight is 401 g/mol. The molecule has 0 aliphatic heterocycles. The number of aliphatic hydroxyl groups is 1. The Morgan fingerprint density at radius 2 is 1.90 bits per heavy atom. The normalized spacial score (nSPS) is 55.1. The summed E-state index contributed by atoms with van der Waals surface area (Å²) >= 11 is 0. The molecule has 0 radical (unpaired) electrons. The van der Waals surface area contributed by atoms with E-state index >= 15 is 0 Å². The molecule has 5 fully saturated rings. The maximum atomic E-state index is 10.8. The van der Waals surface area contributed by atoms with E-state index in [4.69, 9.17) is 4.74 Å². The fourth-order valence-electron chi connectivity index (χ4n) is 10.2. The fourth-order valence-corrected chi connectivity index (χ4v) is 10.2. The van der Waals surface area contributed by atoms with Gasteiger partial charge in [0.05, 0.1) is 12.2 Å². The molecule has 5 saturated carbocycles. The van der Waals surface area contributed by atoms with Gasteiger partial charge in [-0.25, -0.2) is 0 Å². The molecular weight excluding hydrogens is 356 g/mol. The lowest BCUT2D eigenvalue weighted by molar-refractivity contribution is -0.162. The summed E-state index contributed by atoms with van der Waals surface area (Å²) in [6.45, 7) is 9.73. The zero-order valence-electron chi connectivity index (χ0n) is 19.5. The van der Waals surface area contributed by atoms with Crippen LogP contribution in [0.25, 0.3) is 0 Å². The van der Waals surface area contributed by atoms with Gasteiger partial charge < -0.3 is 9.84 Å². The van der Waals surface area contributed by atoms with Crippen molar-refractivity contribution in [2.75, 3.05) is 7.11 Å². The molecule has 5 aliphatic carbocycles. The summed E-state index contributed by atoms with van der Waals surface area (Å²) in [6, 6.07) is 0. The third kappa shape index (κ3) is 2.54. The van der Waals surface area contributed by atoms with Gasteiger partial charge in [-0.3, -0.25) is 0 Å². The Labute approximate surface area is 178 Å². The maximum absolute atomic E-state index is 10.8. The van der Waals surface area contributed by atoms with E-state index in [1.54, 1.807) is 0 Å². The van der Waals surface area contributed by atoms with Crippen LogP contribution in [0.5, 0.6) is 0 Å². The van der Waals surface area contributed by atoms with Crippen LogP contribution in [0.2, 0.25) is 0 Å². The first-order valence-electron chi connectivity index (χ1n) is 12.7. The lowest BCUT2D eigenvalue weighted by Crippen LogP contribution is -2.57. The Morgan fingerprint density at radius 1 is 1.10 bits per heavy atom. The molecule has 0 amide bonds. The van der Waals surface area contributed by atoms with Crippen molar-refractivity contribution in [1.29, 1.82) is 0 Å². The number of rotatable bonds is 5. The second-order valence-electron chi connectivity index (χ2n) is 12.1. The molecular formula is C27H44O2. The molecule has 1 spiro atoms. The molecule has 1 N–H and O–H groups in total. The van der Waals surface area contributed by atoms with Crippen molar-refractivity contribution in [1.82, 2.24) is 0 Å². The maximum Gasteiger partial charge on any atom is 0.0749 e. The van der Waals surface area contributed by atoms with E-state index in [0.717, 1.165) is 30.1 Å². The van der Waals surface area contributed by atoms with Crippen molar-refractivity contribution in [2.45, 2.75) is 97.7 Å². The number of hydrogen-bond donors (Lipinski definition) is 1. The summed E-state index contributed by atoms with van der Waals surface area (Å²) in [5.74, 6) is 4.58. The van der Waals surface area contributed by atoms with Crippen LogP contribution in [0.4, 0.5) is 0 Å². The summed E-state index contributed by atoms with van der Waals surface area (Å²) in [5.41, 5.74) is 1.46. The van der Waals surface area contributed by atoms with Crippen molar-refractivity contribution in [3.8, 4) is 0 Å². The van der Waals surface area contributed by atoms with Crippen LogP contribution in [-0.2, 0) is 4.74 Å². The molecule has 2 nitrogen and oxygen atoms in total. The number of hydrogen-bond acceptors (Lipinski definition) is 2. The molecule has 0 aromatic heterocycles. The minimum atomic E-state index is -0.283. The van der Waals surface area contributed by atoms with Gasteiger partial charge in [-0.05, 0) is 104 Å². The minimum Gasteiger partial charge on any atom is -0.389 e. The average Bonchev–Trinajstić information content (AvgIpc) is 3.22. The molecule has 5 aliphatic rings. The van der Waals surface area contributed by atoms with Crippen molar-refractivity contribution in [3.63, 3.8) is 0 Å². The van der Waals surface area contributed by atoms with E-state index in [2.05, 4.69) is 39.8 Å². The molecule has 0 aromatic carbocycles. The number of fused-ring (bicyclic) bond motifs is 4. The highest BCUT2D eigenvalue weighted by Crippen LogP contribution is 2.82. The Balaban J connectivity index is 1.41. The zero-order chi connectivity index (χ0) is 20.6. The smallest absolute Gasteiger partial charge is 0.0749 e. The molecule has 29 heavy (non-hydrogen) atoms. The van der Waals surface area contributed by atoms with E-state index in [-0.39, 0.29) is 6.10 Å². The van der Waals surface area contributed by atoms with E-state index in [9.17, 15) is 5.11 Å². The van der Waals surface area contributed by atoms with Crippen molar-refractivity contribution >= 4 is 0 Å². The third-order valence-corrected chi connectivity index (χ3v) is 11.6. The molecule has 5 rings (SSSR count). The highest BCUT2D eigenvalue weighted by molar-refractivity contribution is 5.26. The van der Waals surface area contributed by atoms with Gasteiger partial charge >= 0.3 is 0 Å². The van der Waals surface area contributed by atoms with E-state index in [1.165, 1.54) is 51.4 Å². The predicted octanol–water partition coefficient (Wildman–Crippen LogP) is 6.23. The molecule has 11 atom stereocenters. The lowest BCUT2D eigenvalue weighted by Gasteiger charge is -2.61. The highest BCUT2D eigenvalue weighted by atomic mass is 16.5. The van der Waals surface area contributed by atoms with Gasteiger partial charge in [-0.2, -0.15) is 0 Å². The summed E-state index contributed by atoms with van der Waals surface area (Å²) in [7, 11) is 1.99. The summed E-state index contributed by atoms with van der Waals surface area (Å²) in [6.07, 6.45) is 16.6. The third-order valence-electron chi connectivity index (χ3n) is 11.6. The van der Waals surface area contributed by atoms with E-state index in [1.807, 2.05) is 7.11 Å². The number of aliphatic hydroxyl groups excluding tert-OH is 1. The van der Waals surface area contributed by atoms with E-state index < -0.39 is 0 Å². The number of allylic oxidation sites excluding steroid dienone is 1. The van der Waals surface area contributed by atoms with Gasteiger partial charge in [0.15, 0.2) is 0 Å². The standard InChI is InChI=1S/C27H44O2/c1-6-7-8-23(28)17(2)20-9-10-21-19-15-24(29-5)27-16-18(27)11-14-26(27,4)22(19)12-13-25(20,21)3/h7-8,17-24,28H,6,9-16H2,1-5H3/b8-7-/t17-,18?,19-,20+,21-,22-,23+,24+,25+,26+,27-/m0/s1. The Kier molecular flexibility index (Phi) is 4.84. The first-order valence-corrected chi connectivity index (χ1v) is 12.7. The minimum absolute atomic E-state index is 0.283. The number of methoxy groups -OCH3 is 1. The molecule has 0 heterocycles. The first-order chi connectivity index (χ1) is 13.8. The summed E-state index contributed by atoms with van der Waals surface area (Å²) in [4.78, 5) is 0. The molecule has 0 bridgehead atoms. The Morgan fingerprint density at radius 3 is 2.59 bits per heavy atom. The van der Waals surface area contributed by atoms with Crippen LogP contribution in [-0.4, -0.2) is 24.4 Å². The van der Waals surface area contributed by atoms with Crippen LogP contribution in [0.3, 0.4) is 0 Å². The predicted molar refractivity (Wildman–Crippen MR) is 118 cm³/mol. The van der Waals surface area contributed by atoms with Crippen molar-refractivity contribution in [3.05, 3.63) is 12.2 Å². The van der Waals surface area contributed by atoms with Gasteiger partial charge in [-0.1, -0.05) is 39.8 Å². The Hall–Kier alpha value is -0.340. The highest BCUT2D eigenvalue weighted by Gasteiger charge is 2.77.